The van der Waals surface area contributed by atoms with Crippen LogP contribution in [0.25, 0.3) is 11.1 Å². The molecule has 2 fully saturated rings. The van der Waals surface area contributed by atoms with E-state index in [4.69, 9.17) is 0 Å². The number of alkyl halides is 2. The monoisotopic (exact) mass is 510 g/mol. The van der Waals surface area contributed by atoms with Crippen molar-refractivity contribution in [1.82, 2.24) is 25.3 Å². The molecular weight excluding hydrogens is 478 g/mol. The lowest BCUT2D eigenvalue weighted by Gasteiger charge is -2.28. The second kappa shape index (κ2) is 10.4. The van der Waals surface area contributed by atoms with Crippen molar-refractivity contribution in [2.75, 3.05) is 18.7 Å². The van der Waals surface area contributed by atoms with Crippen LogP contribution in [0.3, 0.4) is 0 Å². The molecule has 2 aliphatic carbocycles. The van der Waals surface area contributed by atoms with Crippen molar-refractivity contribution >= 4 is 17.5 Å². The van der Waals surface area contributed by atoms with Crippen molar-refractivity contribution < 1.29 is 18.4 Å². The van der Waals surface area contributed by atoms with Gasteiger partial charge in [-0.15, -0.1) is 0 Å². The molecule has 0 spiro atoms. The van der Waals surface area contributed by atoms with Crippen LogP contribution in [-0.2, 0) is 4.79 Å². The number of H-pyrrole nitrogens is 1. The van der Waals surface area contributed by atoms with Gasteiger partial charge >= 0.3 is 0 Å². The SMILES string of the molecule is Cc1n[nH]c(C)c1-c1ccc(NC(=O)[C@@H](NC(=O)c2ccnn2C(CF)CF)C(C2CC2)C2CC2)cc1. The van der Waals surface area contributed by atoms with Crippen LogP contribution < -0.4 is 10.6 Å². The van der Waals surface area contributed by atoms with Crippen molar-refractivity contribution in [1.29, 1.82) is 0 Å². The summed E-state index contributed by atoms with van der Waals surface area (Å²) in [6, 6.07) is 7.02. The molecule has 0 radical (unpaired) electrons. The summed E-state index contributed by atoms with van der Waals surface area (Å²) >= 11 is 0. The van der Waals surface area contributed by atoms with Crippen molar-refractivity contribution in [3.05, 3.63) is 53.6 Å². The number of nitrogens with one attached hydrogen (secondary N) is 3. The molecule has 2 aliphatic rings. The quantitative estimate of drug-likeness (QED) is 0.352. The predicted molar refractivity (Wildman–Crippen MR) is 136 cm³/mol. The molecule has 2 aromatic heterocycles. The van der Waals surface area contributed by atoms with E-state index < -0.39 is 31.3 Å². The van der Waals surface area contributed by atoms with Gasteiger partial charge < -0.3 is 10.6 Å². The van der Waals surface area contributed by atoms with Gasteiger partial charge in [0.25, 0.3) is 5.91 Å². The Morgan fingerprint density at radius 2 is 1.70 bits per heavy atom. The maximum absolute atomic E-state index is 13.6. The first-order valence-electron chi connectivity index (χ1n) is 12.8. The van der Waals surface area contributed by atoms with E-state index in [9.17, 15) is 18.4 Å². The van der Waals surface area contributed by atoms with Gasteiger partial charge in [-0.3, -0.25) is 19.4 Å². The third kappa shape index (κ3) is 5.28. The molecular formula is C27H32F2N6O2. The third-order valence-corrected chi connectivity index (χ3v) is 7.46. The Hall–Kier alpha value is -3.56. The van der Waals surface area contributed by atoms with Crippen molar-refractivity contribution in [3.63, 3.8) is 0 Å². The summed E-state index contributed by atoms with van der Waals surface area (Å²) in [4.78, 5) is 26.8. The highest BCUT2D eigenvalue weighted by molar-refractivity contribution is 6.01. The average Bonchev–Trinajstić information content (AvgIpc) is 3.83. The van der Waals surface area contributed by atoms with Gasteiger partial charge in [0.2, 0.25) is 5.91 Å². The number of aromatic amines is 1. The van der Waals surface area contributed by atoms with Gasteiger partial charge in [-0.25, -0.2) is 8.78 Å². The van der Waals surface area contributed by atoms with Crippen molar-refractivity contribution in [2.24, 2.45) is 17.8 Å². The first-order chi connectivity index (χ1) is 17.9. The Bertz CT molecular complexity index is 1230. The first kappa shape index (κ1) is 25.1. The maximum atomic E-state index is 13.6. The second-order valence-electron chi connectivity index (χ2n) is 10.2. The highest BCUT2D eigenvalue weighted by Gasteiger charge is 2.48. The van der Waals surface area contributed by atoms with Crippen LogP contribution in [0.2, 0.25) is 0 Å². The molecule has 0 aliphatic heterocycles. The highest BCUT2D eigenvalue weighted by atomic mass is 19.1. The lowest BCUT2D eigenvalue weighted by molar-refractivity contribution is -0.119. The van der Waals surface area contributed by atoms with Crippen LogP contribution >= 0.6 is 0 Å². The summed E-state index contributed by atoms with van der Waals surface area (Å²) in [6.45, 7) is 1.93. The number of hydrogen-bond donors (Lipinski definition) is 3. The fourth-order valence-corrected chi connectivity index (χ4v) is 5.32. The number of carbonyl (C=O) groups excluding carboxylic acids is 2. The zero-order valence-electron chi connectivity index (χ0n) is 21.0. The standard InChI is InChI=1S/C27H32F2N6O2/c1-15-23(16(2)34-33-15)17-7-9-20(10-8-17)31-27(37)25(24(18-3-4-18)19-5-6-19)32-26(36)22-11-12-30-35(22)21(13-28)14-29/h7-12,18-19,21,24-25H,3-6,13-14H2,1-2H3,(H,31,37)(H,32,36)(H,33,34)/t25-/m0/s1. The molecule has 5 rings (SSSR count). The largest absolute Gasteiger partial charge is 0.339 e. The molecule has 10 heteroatoms. The number of carbonyl (C=O) groups is 2. The van der Waals surface area contributed by atoms with Crippen LogP contribution in [0.5, 0.6) is 0 Å². The summed E-state index contributed by atoms with van der Waals surface area (Å²) in [6.07, 6.45) is 5.46. The smallest absolute Gasteiger partial charge is 0.270 e. The van der Waals surface area contributed by atoms with E-state index in [2.05, 4.69) is 25.9 Å². The van der Waals surface area contributed by atoms with Gasteiger partial charge in [0.15, 0.2) is 0 Å². The fourth-order valence-electron chi connectivity index (χ4n) is 5.32. The molecule has 1 aromatic carbocycles. The molecule has 2 saturated carbocycles. The van der Waals surface area contributed by atoms with Gasteiger partial charge in [0, 0.05) is 23.1 Å². The van der Waals surface area contributed by atoms with Crippen LogP contribution in [0.1, 0.15) is 53.6 Å². The number of amides is 2. The summed E-state index contributed by atoms with van der Waals surface area (Å²) < 4.78 is 27.7. The summed E-state index contributed by atoms with van der Waals surface area (Å²) in [5.74, 6) is -0.0649. The van der Waals surface area contributed by atoms with Gasteiger partial charge in [-0.1, -0.05) is 12.1 Å². The number of aromatic nitrogens is 4. The maximum Gasteiger partial charge on any atom is 0.270 e. The lowest BCUT2D eigenvalue weighted by atomic mass is 9.88. The van der Waals surface area contributed by atoms with Crippen LogP contribution in [-0.4, -0.2) is 51.2 Å². The summed E-state index contributed by atoms with van der Waals surface area (Å²) in [5.41, 5.74) is 4.55. The average molecular weight is 511 g/mol. The number of aryl methyl sites for hydroxylation is 2. The van der Waals surface area contributed by atoms with Gasteiger partial charge in [-0.05, 0) is 81.0 Å². The summed E-state index contributed by atoms with van der Waals surface area (Å²) in [5, 5.41) is 17.1. The number of nitrogens with zero attached hydrogens (tertiary/aromatic N) is 3. The fraction of sp³-hybridized carbons (Fsp3) is 0.481. The van der Waals surface area contributed by atoms with Crippen LogP contribution in [0.15, 0.2) is 36.5 Å². The molecule has 0 bridgehead atoms. The zero-order valence-corrected chi connectivity index (χ0v) is 21.0. The number of benzene rings is 1. The molecule has 37 heavy (non-hydrogen) atoms. The van der Waals surface area contributed by atoms with Crippen molar-refractivity contribution in [3.8, 4) is 11.1 Å². The van der Waals surface area contributed by atoms with E-state index in [1.54, 1.807) is 0 Å². The highest BCUT2D eigenvalue weighted by Crippen LogP contribution is 2.51. The van der Waals surface area contributed by atoms with E-state index in [1.165, 1.54) is 12.3 Å². The number of halogens is 2. The molecule has 2 amide bonds. The third-order valence-electron chi connectivity index (χ3n) is 7.46. The topological polar surface area (TPSA) is 105 Å². The van der Waals surface area contributed by atoms with Gasteiger partial charge in [0.1, 0.15) is 31.1 Å². The first-order valence-corrected chi connectivity index (χ1v) is 12.8. The molecule has 1 atom stereocenters. The Morgan fingerprint density at radius 1 is 1.05 bits per heavy atom. The molecule has 3 N–H and O–H groups in total. The van der Waals surface area contributed by atoms with Crippen LogP contribution in [0.4, 0.5) is 14.5 Å². The molecule has 2 heterocycles. The van der Waals surface area contributed by atoms with E-state index >= 15 is 0 Å². The minimum Gasteiger partial charge on any atom is -0.339 e. The minimum absolute atomic E-state index is 0.0222. The number of hydrogen-bond acceptors (Lipinski definition) is 4. The van der Waals surface area contributed by atoms with E-state index in [0.29, 0.717) is 17.5 Å². The molecule has 8 nitrogen and oxygen atoms in total. The molecule has 196 valence electrons. The Labute approximate surface area is 214 Å². The second-order valence-corrected chi connectivity index (χ2v) is 10.2. The van der Waals surface area contributed by atoms with Crippen LogP contribution in [0, 0.1) is 31.6 Å². The normalized spacial score (nSPS) is 16.3. The Morgan fingerprint density at radius 3 is 2.24 bits per heavy atom. The Balaban J connectivity index is 1.36. The van der Waals surface area contributed by atoms with E-state index in [0.717, 1.165) is 52.9 Å². The molecule has 0 unspecified atom stereocenters. The summed E-state index contributed by atoms with van der Waals surface area (Å²) in [7, 11) is 0. The number of rotatable bonds is 11. The van der Waals surface area contributed by atoms with Gasteiger partial charge in [-0.2, -0.15) is 10.2 Å². The van der Waals surface area contributed by atoms with Gasteiger partial charge in [0.05, 0.1) is 5.69 Å². The minimum atomic E-state index is -1.17. The lowest BCUT2D eigenvalue weighted by Crippen LogP contribution is -2.50. The predicted octanol–water partition coefficient (Wildman–Crippen LogP) is 4.54. The number of anilines is 1. The van der Waals surface area contributed by atoms with E-state index in [1.807, 2.05) is 38.1 Å². The van der Waals surface area contributed by atoms with E-state index in [-0.39, 0.29) is 17.5 Å². The molecule has 3 aromatic rings. The molecule has 0 saturated heterocycles. The van der Waals surface area contributed by atoms with Crippen molar-refractivity contribution in [2.45, 2.75) is 51.6 Å². The zero-order chi connectivity index (χ0) is 26.1. The Kier molecular flexibility index (Phi) is 7.08.